The Bertz CT molecular complexity index is 1000. The van der Waals surface area contributed by atoms with Crippen molar-refractivity contribution in [2.45, 2.75) is 6.42 Å². The van der Waals surface area contributed by atoms with Gasteiger partial charge in [0.15, 0.2) is 5.65 Å². The van der Waals surface area contributed by atoms with E-state index in [-0.39, 0.29) is 17.6 Å². The number of nitrogens with zero attached hydrogens (tertiary/aromatic N) is 6. The number of carbonyl (C=O) groups is 2. The van der Waals surface area contributed by atoms with E-state index in [4.69, 9.17) is 4.74 Å². The van der Waals surface area contributed by atoms with E-state index in [0.717, 1.165) is 6.42 Å². The van der Waals surface area contributed by atoms with Crippen molar-refractivity contribution in [2.24, 2.45) is 7.05 Å². The van der Waals surface area contributed by atoms with Crippen LogP contribution in [0.2, 0.25) is 0 Å². The molecule has 10 nitrogen and oxygen atoms in total. The molecule has 0 radical (unpaired) electrons. The fourth-order valence-corrected chi connectivity index (χ4v) is 2.77. The molecule has 0 bridgehead atoms. The Kier molecular flexibility index (Phi) is 3.79. The Morgan fingerprint density at radius 1 is 1.31 bits per heavy atom. The fourth-order valence-electron chi connectivity index (χ4n) is 2.77. The standard InChI is InChI=1S/C16H17N7O3/c1-21-13(11(9-17-21)15(25)22-5-3-6-22)14(24)18-10-4-7-23-12(8-10)19-16(20-23)26-2/h4,7-9H,3,5-6H2,1-2H3,(H,18,24). The molecular weight excluding hydrogens is 338 g/mol. The second kappa shape index (κ2) is 6.14. The Morgan fingerprint density at radius 3 is 2.81 bits per heavy atom. The zero-order chi connectivity index (χ0) is 18.3. The molecule has 2 amide bonds. The summed E-state index contributed by atoms with van der Waals surface area (Å²) < 4.78 is 7.93. The van der Waals surface area contributed by atoms with Crippen molar-refractivity contribution in [3.05, 3.63) is 35.8 Å². The third-order valence-electron chi connectivity index (χ3n) is 4.29. The van der Waals surface area contributed by atoms with E-state index in [2.05, 4.69) is 20.5 Å². The molecule has 3 aromatic heterocycles. The van der Waals surface area contributed by atoms with Crippen LogP contribution < -0.4 is 10.1 Å². The number of likely N-dealkylation sites (tertiary alicyclic amines) is 1. The molecule has 1 fully saturated rings. The van der Waals surface area contributed by atoms with Gasteiger partial charge in [-0.3, -0.25) is 14.3 Å². The number of hydrogen-bond acceptors (Lipinski definition) is 6. The molecule has 4 heterocycles. The minimum atomic E-state index is -0.412. The first-order valence-electron chi connectivity index (χ1n) is 8.10. The summed E-state index contributed by atoms with van der Waals surface area (Å²) in [5.41, 5.74) is 1.58. The minimum Gasteiger partial charge on any atom is -0.466 e. The van der Waals surface area contributed by atoms with Gasteiger partial charge in [-0.2, -0.15) is 10.1 Å². The lowest BCUT2D eigenvalue weighted by Gasteiger charge is -2.30. The zero-order valence-electron chi connectivity index (χ0n) is 14.3. The Hall–Kier alpha value is -3.43. The van der Waals surface area contributed by atoms with Gasteiger partial charge < -0.3 is 15.0 Å². The largest absolute Gasteiger partial charge is 0.466 e. The molecule has 1 N–H and O–H groups in total. The van der Waals surface area contributed by atoms with Gasteiger partial charge in [0.1, 0.15) is 5.69 Å². The monoisotopic (exact) mass is 355 g/mol. The van der Waals surface area contributed by atoms with E-state index in [1.54, 1.807) is 30.3 Å². The second-order valence-electron chi connectivity index (χ2n) is 5.95. The number of nitrogens with one attached hydrogen (secondary N) is 1. The number of aryl methyl sites for hydroxylation is 1. The molecule has 0 atom stereocenters. The Balaban J connectivity index is 1.60. The highest BCUT2D eigenvalue weighted by Gasteiger charge is 2.28. The SMILES string of the molecule is COc1nc2cc(NC(=O)c3c(C(=O)N4CCC4)cnn3C)ccn2n1. The molecule has 3 aromatic rings. The van der Waals surface area contributed by atoms with Gasteiger partial charge in [0.05, 0.1) is 18.9 Å². The first kappa shape index (κ1) is 16.1. The van der Waals surface area contributed by atoms with Gasteiger partial charge in [-0.1, -0.05) is 0 Å². The first-order valence-corrected chi connectivity index (χ1v) is 8.10. The van der Waals surface area contributed by atoms with Gasteiger partial charge >= 0.3 is 6.01 Å². The summed E-state index contributed by atoms with van der Waals surface area (Å²) in [6.07, 6.45) is 4.08. The molecule has 4 rings (SSSR count). The number of hydrogen-bond donors (Lipinski definition) is 1. The van der Waals surface area contributed by atoms with Crippen molar-refractivity contribution in [1.82, 2.24) is 29.3 Å². The van der Waals surface area contributed by atoms with Crippen LogP contribution >= 0.6 is 0 Å². The van der Waals surface area contributed by atoms with Crippen LogP contribution in [0.25, 0.3) is 5.65 Å². The molecule has 10 heteroatoms. The maximum atomic E-state index is 12.7. The quantitative estimate of drug-likeness (QED) is 0.733. The number of methoxy groups -OCH3 is 1. The van der Waals surface area contributed by atoms with E-state index < -0.39 is 5.91 Å². The third kappa shape index (κ3) is 2.65. The van der Waals surface area contributed by atoms with E-state index in [0.29, 0.717) is 30.0 Å². The average Bonchev–Trinajstić information content (AvgIpc) is 3.15. The number of aromatic nitrogens is 5. The van der Waals surface area contributed by atoms with Crippen LogP contribution in [0.15, 0.2) is 24.5 Å². The summed E-state index contributed by atoms with van der Waals surface area (Å²) in [4.78, 5) is 31.1. The lowest BCUT2D eigenvalue weighted by Crippen LogP contribution is -2.42. The van der Waals surface area contributed by atoms with Gasteiger partial charge in [0, 0.05) is 38.1 Å². The number of ether oxygens (including phenoxy) is 1. The maximum absolute atomic E-state index is 12.7. The van der Waals surface area contributed by atoms with Crippen molar-refractivity contribution in [3.63, 3.8) is 0 Å². The molecular formula is C16H17N7O3. The number of amides is 2. The third-order valence-corrected chi connectivity index (χ3v) is 4.29. The minimum absolute atomic E-state index is 0.174. The molecule has 0 spiro atoms. The van der Waals surface area contributed by atoms with Crippen LogP contribution in [0, 0.1) is 0 Å². The highest BCUT2D eigenvalue weighted by molar-refractivity contribution is 6.11. The summed E-state index contributed by atoms with van der Waals surface area (Å²) in [6, 6.07) is 3.59. The predicted octanol–water partition coefficient (Wildman–Crippen LogP) is 0.570. The van der Waals surface area contributed by atoms with Crippen molar-refractivity contribution >= 4 is 23.1 Å². The molecule has 134 valence electrons. The number of pyridine rings is 1. The normalized spacial score (nSPS) is 13.5. The summed E-state index contributed by atoms with van der Waals surface area (Å²) in [7, 11) is 3.12. The van der Waals surface area contributed by atoms with E-state index in [1.807, 2.05) is 0 Å². The molecule has 1 saturated heterocycles. The van der Waals surface area contributed by atoms with Crippen LogP contribution in [0.5, 0.6) is 6.01 Å². The van der Waals surface area contributed by atoms with Crippen molar-refractivity contribution < 1.29 is 14.3 Å². The summed E-state index contributed by atoms with van der Waals surface area (Å²) in [6.45, 7) is 1.42. The van der Waals surface area contributed by atoms with E-state index in [9.17, 15) is 9.59 Å². The first-order chi connectivity index (χ1) is 12.6. The summed E-state index contributed by atoms with van der Waals surface area (Å²) in [5, 5.41) is 10.9. The van der Waals surface area contributed by atoms with Gasteiger partial charge in [0.2, 0.25) is 0 Å². The molecule has 0 unspecified atom stereocenters. The van der Waals surface area contributed by atoms with E-state index in [1.165, 1.54) is 22.5 Å². The second-order valence-corrected chi connectivity index (χ2v) is 5.95. The predicted molar refractivity (Wildman–Crippen MR) is 91.2 cm³/mol. The van der Waals surface area contributed by atoms with Gasteiger partial charge in [-0.25, -0.2) is 4.52 Å². The topological polar surface area (TPSA) is 107 Å². The lowest BCUT2D eigenvalue weighted by atomic mass is 10.1. The van der Waals surface area contributed by atoms with Crippen LogP contribution in [-0.4, -0.2) is 61.3 Å². The van der Waals surface area contributed by atoms with Crippen molar-refractivity contribution in [3.8, 4) is 6.01 Å². The number of fused-ring (bicyclic) bond motifs is 1. The zero-order valence-corrected chi connectivity index (χ0v) is 14.3. The lowest BCUT2D eigenvalue weighted by molar-refractivity contribution is 0.0648. The fraction of sp³-hybridized carbons (Fsp3) is 0.312. The van der Waals surface area contributed by atoms with Gasteiger partial charge in [-0.05, 0) is 12.5 Å². The highest BCUT2D eigenvalue weighted by atomic mass is 16.5. The smallest absolute Gasteiger partial charge is 0.336 e. The van der Waals surface area contributed by atoms with Crippen molar-refractivity contribution in [1.29, 1.82) is 0 Å². The average molecular weight is 355 g/mol. The van der Waals surface area contributed by atoms with Crippen LogP contribution in [0.3, 0.4) is 0 Å². The van der Waals surface area contributed by atoms with E-state index >= 15 is 0 Å². The van der Waals surface area contributed by atoms with Crippen LogP contribution in [0.1, 0.15) is 27.3 Å². The highest BCUT2D eigenvalue weighted by Crippen LogP contribution is 2.18. The Labute approximate surface area is 148 Å². The van der Waals surface area contributed by atoms with Crippen LogP contribution in [0.4, 0.5) is 5.69 Å². The molecule has 1 aliphatic rings. The van der Waals surface area contributed by atoms with Gasteiger partial charge in [0.25, 0.3) is 11.8 Å². The summed E-state index contributed by atoms with van der Waals surface area (Å²) >= 11 is 0. The van der Waals surface area contributed by atoms with Gasteiger partial charge in [-0.15, -0.1) is 5.10 Å². The summed E-state index contributed by atoms with van der Waals surface area (Å²) in [5.74, 6) is -0.586. The molecule has 1 aliphatic heterocycles. The Morgan fingerprint density at radius 2 is 2.12 bits per heavy atom. The number of rotatable bonds is 4. The maximum Gasteiger partial charge on any atom is 0.336 e. The molecule has 0 aliphatic carbocycles. The molecule has 0 saturated carbocycles. The number of carbonyl (C=O) groups excluding carboxylic acids is 2. The molecule has 26 heavy (non-hydrogen) atoms. The van der Waals surface area contributed by atoms with Crippen LogP contribution in [-0.2, 0) is 7.05 Å². The number of anilines is 1. The van der Waals surface area contributed by atoms with Crippen molar-refractivity contribution in [2.75, 3.05) is 25.5 Å². The molecule has 0 aromatic carbocycles.